The van der Waals surface area contributed by atoms with Crippen LogP contribution in [0.2, 0.25) is 0 Å². The van der Waals surface area contributed by atoms with Crippen LogP contribution >= 0.6 is 0 Å². The second kappa shape index (κ2) is 10.2. The molecule has 0 fully saturated rings. The van der Waals surface area contributed by atoms with Gasteiger partial charge in [-0.25, -0.2) is 12.8 Å². The van der Waals surface area contributed by atoms with Crippen molar-refractivity contribution in [1.82, 2.24) is 5.32 Å². The molecule has 0 aromatic heterocycles. The molecule has 0 aliphatic carbocycles. The highest BCUT2D eigenvalue weighted by atomic mass is 32.2. The number of hydrogen-bond acceptors (Lipinski definition) is 4. The van der Waals surface area contributed by atoms with Gasteiger partial charge in [-0.2, -0.15) is 0 Å². The third-order valence-corrected chi connectivity index (χ3v) is 5.67. The van der Waals surface area contributed by atoms with E-state index in [1.165, 1.54) is 24.3 Å². The van der Waals surface area contributed by atoms with E-state index in [4.69, 9.17) is 4.74 Å². The molecule has 0 aliphatic rings. The Balaban J connectivity index is 2.02. The van der Waals surface area contributed by atoms with E-state index >= 15 is 0 Å². The van der Waals surface area contributed by atoms with Crippen molar-refractivity contribution in [2.45, 2.75) is 32.2 Å². The van der Waals surface area contributed by atoms with Crippen LogP contribution in [0.1, 0.15) is 25.3 Å². The quantitative estimate of drug-likeness (QED) is 0.597. The normalized spacial score (nSPS) is 12.3. The molecular formula is C21H27FN2O4S. The molecule has 2 aromatic carbocycles. The number of carbonyl (C=O) groups is 1. The summed E-state index contributed by atoms with van der Waals surface area (Å²) in [6.07, 6.45) is 2.77. The molecule has 0 radical (unpaired) electrons. The van der Waals surface area contributed by atoms with Crippen LogP contribution in [0.4, 0.5) is 10.1 Å². The van der Waals surface area contributed by atoms with Gasteiger partial charge in [0.25, 0.3) is 0 Å². The Hall–Kier alpha value is -2.61. The molecule has 8 heteroatoms. The van der Waals surface area contributed by atoms with Crippen LogP contribution < -0.4 is 14.4 Å². The minimum Gasteiger partial charge on any atom is -0.497 e. The number of benzene rings is 2. The van der Waals surface area contributed by atoms with Crippen molar-refractivity contribution in [3.05, 3.63) is 59.9 Å². The Kier molecular flexibility index (Phi) is 8.01. The lowest BCUT2D eigenvalue weighted by Crippen LogP contribution is -2.49. The van der Waals surface area contributed by atoms with Gasteiger partial charge in [0, 0.05) is 6.54 Å². The molecule has 29 heavy (non-hydrogen) atoms. The van der Waals surface area contributed by atoms with Gasteiger partial charge in [0.05, 0.1) is 19.1 Å². The van der Waals surface area contributed by atoms with E-state index in [0.717, 1.165) is 28.3 Å². The predicted octanol–water partition coefficient (Wildman–Crippen LogP) is 3.13. The second-order valence-electron chi connectivity index (χ2n) is 6.71. The van der Waals surface area contributed by atoms with Crippen molar-refractivity contribution in [2.75, 3.05) is 24.2 Å². The molecule has 1 amide bonds. The van der Waals surface area contributed by atoms with Crippen LogP contribution in [0.25, 0.3) is 0 Å². The van der Waals surface area contributed by atoms with E-state index in [-0.39, 0.29) is 18.0 Å². The summed E-state index contributed by atoms with van der Waals surface area (Å²) >= 11 is 0. The maximum atomic E-state index is 13.2. The summed E-state index contributed by atoms with van der Waals surface area (Å²) in [5.74, 6) is -0.0780. The average molecular weight is 423 g/mol. The van der Waals surface area contributed by atoms with Crippen LogP contribution in [0.3, 0.4) is 0 Å². The Morgan fingerprint density at radius 2 is 1.90 bits per heavy atom. The number of ether oxygens (including phenoxy) is 1. The summed E-state index contributed by atoms with van der Waals surface area (Å²) in [6.45, 7) is 2.15. The van der Waals surface area contributed by atoms with E-state index in [0.29, 0.717) is 13.0 Å². The first-order chi connectivity index (χ1) is 13.8. The van der Waals surface area contributed by atoms with Gasteiger partial charge in [0.2, 0.25) is 15.9 Å². The number of sulfonamides is 1. The van der Waals surface area contributed by atoms with Crippen LogP contribution in [0.5, 0.6) is 5.75 Å². The molecule has 2 rings (SSSR count). The molecule has 0 saturated heterocycles. The smallest absolute Gasteiger partial charge is 0.243 e. The molecule has 0 saturated carbocycles. The van der Waals surface area contributed by atoms with Gasteiger partial charge >= 0.3 is 0 Å². The van der Waals surface area contributed by atoms with Gasteiger partial charge in [0.1, 0.15) is 17.6 Å². The lowest BCUT2D eigenvalue weighted by molar-refractivity contribution is -0.122. The number of aryl methyl sites for hydroxylation is 1. The maximum absolute atomic E-state index is 13.2. The summed E-state index contributed by atoms with van der Waals surface area (Å²) < 4.78 is 44.1. The van der Waals surface area contributed by atoms with Gasteiger partial charge in [-0.1, -0.05) is 19.1 Å². The lowest BCUT2D eigenvalue weighted by atomic mass is 10.1. The molecule has 0 spiro atoms. The highest BCUT2D eigenvalue weighted by Crippen LogP contribution is 2.23. The van der Waals surface area contributed by atoms with Crippen molar-refractivity contribution >= 4 is 21.6 Å². The zero-order chi connectivity index (χ0) is 21.4. The minimum atomic E-state index is -3.73. The standard InChI is InChI=1S/C21H27FN2O4S/c1-4-20(24(29(3,26)27)18-12-10-17(22)11-13-18)21(25)23-14-6-8-16-7-5-9-19(15-16)28-2/h5,7,9-13,15,20H,4,6,8,14H2,1-3H3,(H,23,25). The third-order valence-electron chi connectivity index (χ3n) is 4.49. The zero-order valence-electron chi connectivity index (χ0n) is 16.9. The van der Waals surface area contributed by atoms with Crippen molar-refractivity contribution in [3.63, 3.8) is 0 Å². The molecule has 1 atom stereocenters. The fourth-order valence-corrected chi connectivity index (χ4v) is 4.31. The first-order valence-corrected chi connectivity index (χ1v) is 11.3. The summed E-state index contributed by atoms with van der Waals surface area (Å²) in [6, 6.07) is 11.9. The molecule has 0 aliphatic heterocycles. The number of methoxy groups -OCH3 is 1. The first-order valence-electron chi connectivity index (χ1n) is 9.42. The average Bonchev–Trinajstić information content (AvgIpc) is 2.69. The number of nitrogens with one attached hydrogen (secondary N) is 1. The predicted molar refractivity (Wildman–Crippen MR) is 112 cm³/mol. The topological polar surface area (TPSA) is 75.7 Å². The fraction of sp³-hybridized carbons (Fsp3) is 0.381. The molecule has 6 nitrogen and oxygen atoms in total. The monoisotopic (exact) mass is 422 g/mol. The zero-order valence-corrected chi connectivity index (χ0v) is 17.7. The van der Waals surface area contributed by atoms with E-state index in [1.54, 1.807) is 14.0 Å². The van der Waals surface area contributed by atoms with Gasteiger partial charge < -0.3 is 10.1 Å². The third kappa shape index (κ3) is 6.45. The molecule has 2 aromatic rings. The van der Waals surface area contributed by atoms with Gasteiger partial charge in [-0.05, 0) is 61.2 Å². The van der Waals surface area contributed by atoms with E-state index < -0.39 is 21.9 Å². The largest absolute Gasteiger partial charge is 0.497 e. The summed E-state index contributed by atoms with van der Waals surface area (Å²) in [5.41, 5.74) is 1.35. The number of amides is 1. The number of carbonyl (C=O) groups excluding carboxylic acids is 1. The Bertz CT molecular complexity index is 917. The molecule has 0 bridgehead atoms. The Morgan fingerprint density at radius 3 is 2.48 bits per heavy atom. The highest BCUT2D eigenvalue weighted by Gasteiger charge is 2.31. The van der Waals surface area contributed by atoms with Crippen LogP contribution in [-0.2, 0) is 21.2 Å². The summed E-state index contributed by atoms with van der Waals surface area (Å²) in [4.78, 5) is 12.7. The van der Waals surface area contributed by atoms with E-state index in [1.807, 2.05) is 24.3 Å². The Morgan fingerprint density at radius 1 is 1.21 bits per heavy atom. The lowest BCUT2D eigenvalue weighted by Gasteiger charge is -2.30. The number of anilines is 1. The summed E-state index contributed by atoms with van der Waals surface area (Å²) in [7, 11) is -2.12. The number of halogens is 1. The molecule has 158 valence electrons. The van der Waals surface area contributed by atoms with Crippen molar-refractivity contribution in [3.8, 4) is 5.75 Å². The SMILES string of the molecule is CCC(C(=O)NCCCc1cccc(OC)c1)N(c1ccc(F)cc1)S(C)(=O)=O. The van der Waals surface area contributed by atoms with E-state index in [9.17, 15) is 17.6 Å². The first kappa shape index (κ1) is 22.7. The summed E-state index contributed by atoms with van der Waals surface area (Å²) in [5, 5.41) is 2.82. The molecule has 1 unspecified atom stereocenters. The van der Waals surface area contributed by atoms with Crippen molar-refractivity contribution in [2.24, 2.45) is 0 Å². The van der Waals surface area contributed by atoms with Crippen molar-refractivity contribution < 1.29 is 22.3 Å². The van der Waals surface area contributed by atoms with Gasteiger partial charge in [-0.15, -0.1) is 0 Å². The van der Waals surface area contributed by atoms with Gasteiger partial charge in [-0.3, -0.25) is 9.10 Å². The molecule has 0 heterocycles. The van der Waals surface area contributed by atoms with Gasteiger partial charge in [0.15, 0.2) is 0 Å². The van der Waals surface area contributed by atoms with Crippen LogP contribution in [-0.4, -0.2) is 40.3 Å². The van der Waals surface area contributed by atoms with E-state index in [2.05, 4.69) is 5.32 Å². The van der Waals surface area contributed by atoms with Crippen molar-refractivity contribution in [1.29, 1.82) is 0 Å². The number of hydrogen-bond donors (Lipinski definition) is 1. The second-order valence-corrected chi connectivity index (χ2v) is 8.56. The maximum Gasteiger partial charge on any atom is 0.243 e. The highest BCUT2D eigenvalue weighted by molar-refractivity contribution is 7.92. The van der Waals surface area contributed by atoms with Crippen LogP contribution in [0, 0.1) is 5.82 Å². The van der Waals surface area contributed by atoms with Crippen LogP contribution in [0.15, 0.2) is 48.5 Å². The molecular weight excluding hydrogens is 395 g/mol. The molecule has 1 N–H and O–H groups in total. The minimum absolute atomic E-state index is 0.257. The fourth-order valence-electron chi connectivity index (χ4n) is 3.10. The number of nitrogens with zero attached hydrogens (tertiary/aromatic N) is 1. The number of rotatable bonds is 10. The Labute approximate surface area is 171 Å².